The standard InChI is InChI=1S/C18H16N4O3/c23-17(15-9-5-2-6-10-15)12-25-18(24)16(22-13-19-20-21-22)11-14-7-3-1-4-8-14/h1-10,13,16H,11-12H2/t16-/m0/s1. The van der Waals surface area contributed by atoms with Crippen LogP contribution < -0.4 is 0 Å². The van der Waals surface area contributed by atoms with Crippen LogP contribution in [0.25, 0.3) is 0 Å². The van der Waals surface area contributed by atoms with Gasteiger partial charge in [0.05, 0.1) is 0 Å². The zero-order chi connectivity index (χ0) is 17.5. The van der Waals surface area contributed by atoms with Crippen molar-refractivity contribution in [2.75, 3.05) is 6.61 Å². The van der Waals surface area contributed by atoms with E-state index in [1.165, 1.54) is 11.0 Å². The molecule has 0 amide bonds. The third kappa shape index (κ3) is 4.35. The summed E-state index contributed by atoms with van der Waals surface area (Å²) >= 11 is 0. The van der Waals surface area contributed by atoms with Crippen LogP contribution in [0.2, 0.25) is 0 Å². The number of Topliss-reactive ketones (excluding diaryl/α,β-unsaturated/α-hetero) is 1. The Labute approximate surface area is 144 Å². The van der Waals surface area contributed by atoms with Crippen LogP contribution in [-0.2, 0) is 16.0 Å². The van der Waals surface area contributed by atoms with Crippen molar-refractivity contribution < 1.29 is 14.3 Å². The molecule has 126 valence electrons. The molecule has 0 radical (unpaired) electrons. The van der Waals surface area contributed by atoms with Gasteiger partial charge in [-0.3, -0.25) is 4.79 Å². The van der Waals surface area contributed by atoms with E-state index in [-0.39, 0.29) is 12.4 Å². The Balaban J connectivity index is 1.68. The van der Waals surface area contributed by atoms with Gasteiger partial charge < -0.3 is 4.74 Å². The predicted molar refractivity (Wildman–Crippen MR) is 88.7 cm³/mol. The number of carbonyl (C=O) groups is 2. The van der Waals surface area contributed by atoms with Gasteiger partial charge in [-0.1, -0.05) is 60.7 Å². The number of ketones is 1. The van der Waals surface area contributed by atoms with Gasteiger partial charge in [-0.15, -0.1) is 5.10 Å². The number of tetrazole rings is 1. The Bertz CT molecular complexity index is 820. The van der Waals surface area contributed by atoms with Crippen molar-refractivity contribution in [2.24, 2.45) is 0 Å². The summed E-state index contributed by atoms with van der Waals surface area (Å²) in [5.41, 5.74) is 1.44. The second-order valence-electron chi connectivity index (χ2n) is 5.39. The number of aromatic nitrogens is 4. The summed E-state index contributed by atoms with van der Waals surface area (Å²) in [5, 5.41) is 10.9. The van der Waals surface area contributed by atoms with Crippen molar-refractivity contribution in [1.82, 2.24) is 20.2 Å². The van der Waals surface area contributed by atoms with Crippen molar-refractivity contribution in [1.29, 1.82) is 0 Å². The van der Waals surface area contributed by atoms with Crippen LogP contribution in [0.4, 0.5) is 0 Å². The first-order chi connectivity index (χ1) is 12.2. The van der Waals surface area contributed by atoms with E-state index in [1.807, 2.05) is 36.4 Å². The smallest absolute Gasteiger partial charge is 0.331 e. The molecule has 2 aromatic carbocycles. The molecule has 0 unspecified atom stereocenters. The maximum Gasteiger partial charge on any atom is 0.331 e. The zero-order valence-electron chi connectivity index (χ0n) is 13.4. The van der Waals surface area contributed by atoms with Crippen LogP contribution in [0.15, 0.2) is 67.0 Å². The Hall–Kier alpha value is -3.35. The molecule has 0 aliphatic heterocycles. The lowest BCUT2D eigenvalue weighted by Gasteiger charge is -2.15. The summed E-state index contributed by atoms with van der Waals surface area (Å²) in [6.45, 7) is -0.323. The average Bonchev–Trinajstić information content (AvgIpc) is 3.20. The van der Waals surface area contributed by atoms with Gasteiger partial charge in [-0.2, -0.15) is 0 Å². The SMILES string of the molecule is O=C(COC(=O)[C@H](Cc1ccccc1)n1cnnn1)c1ccccc1. The molecule has 0 saturated heterocycles. The number of rotatable bonds is 7. The van der Waals surface area contributed by atoms with Crippen LogP contribution in [0, 0.1) is 0 Å². The molecule has 7 heteroatoms. The van der Waals surface area contributed by atoms with Crippen molar-refractivity contribution in [2.45, 2.75) is 12.5 Å². The number of hydrogen-bond donors (Lipinski definition) is 0. The van der Waals surface area contributed by atoms with E-state index in [1.54, 1.807) is 24.3 Å². The highest BCUT2D eigenvalue weighted by Gasteiger charge is 2.24. The summed E-state index contributed by atoms with van der Waals surface area (Å²) in [6.07, 6.45) is 1.72. The lowest BCUT2D eigenvalue weighted by atomic mass is 10.1. The molecule has 0 fully saturated rings. The quantitative estimate of drug-likeness (QED) is 0.484. The summed E-state index contributed by atoms with van der Waals surface area (Å²) < 4.78 is 6.55. The van der Waals surface area contributed by atoms with E-state index >= 15 is 0 Å². The van der Waals surface area contributed by atoms with Crippen molar-refractivity contribution in [3.8, 4) is 0 Å². The second kappa shape index (κ2) is 7.96. The summed E-state index contributed by atoms with van der Waals surface area (Å²) in [5.74, 6) is -0.815. The van der Waals surface area contributed by atoms with E-state index in [2.05, 4.69) is 15.5 Å². The molecule has 0 saturated carbocycles. The molecule has 0 aliphatic carbocycles. The topological polar surface area (TPSA) is 87.0 Å². The van der Waals surface area contributed by atoms with E-state index < -0.39 is 12.0 Å². The highest BCUT2D eigenvalue weighted by Crippen LogP contribution is 2.15. The highest BCUT2D eigenvalue weighted by atomic mass is 16.5. The minimum atomic E-state index is -0.735. The third-order valence-corrected chi connectivity index (χ3v) is 3.67. The molecule has 0 aliphatic rings. The molecule has 25 heavy (non-hydrogen) atoms. The first-order valence-electron chi connectivity index (χ1n) is 7.75. The molecule has 1 heterocycles. The Morgan fingerprint density at radius 1 is 1.00 bits per heavy atom. The lowest BCUT2D eigenvalue weighted by Crippen LogP contribution is -2.26. The van der Waals surface area contributed by atoms with Gasteiger partial charge in [0.1, 0.15) is 6.33 Å². The molecule has 1 atom stereocenters. The Morgan fingerprint density at radius 3 is 2.32 bits per heavy atom. The Kier molecular flexibility index (Phi) is 5.26. The van der Waals surface area contributed by atoms with E-state index in [9.17, 15) is 9.59 Å². The predicted octanol–water partition coefficient (Wildman–Crippen LogP) is 1.88. The van der Waals surface area contributed by atoms with Gasteiger partial charge in [0.25, 0.3) is 0 Å². The van der Waals surface area contributed by atoms with Crippen molar-refractivity contribution in [3.63, 3.8) is 0 Å². The molecule has 0 N–H and O–H groups in total. The summed E-state index contributed by atoms with van der Waals surface area (Å²) in [7, 11) is 0. The minimum Gasteiger partial charge on any atom is -0.456 e. The van der Waals surface area contributed by atoms with Crippen LogP contribution >= 0.6 is 0 Å². The average molecular weight is 336 g/mol. The van der Waals surface area contributed by atoms with Gasteiger partial charge in [-0.25, -0.2) is 9.48 Å². The van der Waals surface area contributed by atoms with E-state index in [0.717, 1.165) is 5.56 Å². The normalized spacial score (nSPS) is 11.7. The fourth-order valence-corrected chi connectivity index (χ4v) is 2.37. The van der Waals surface area contributed by atoms with Crippen LogP contribution in [0.3, 0.4) is 0 Å². The number of carbonyl (C=O) groups excluding carboxylic acids is 2. The zero-order valence-corrected chi connectivity index (χ0v) is 13.4. The molecule has 3 rings (SSSR count). The van der Waals surface area contributed by atoms with Crippen molar-refractivity contribution >= 4 is 11.8 Å². The molecule has 0 bridgehead atoms. The van der Waals surface area contributed by atoms with Crippen LogP contribution in [-0.4, -0.2) is 38.6 Å². The maximum atomic E-state index is 12.5. The van der Waals surface area contributed by atoms with E-state index in [0.29, 0.717) is 12.0 Å². The van der Waals surface area contributed by atoms with Crippen LogP contribution in [0.5, 0.6) is 0 Å². The molecule has 1 aromatic heterocycles. The van der Waals surface area contributed by atoms with Crippen LogP contribution in [0.1, 0.15) is 22.0 Å². The van der Waals surface area contributed by atoms with E-state index in [4.69, 9.17) is 4.74 Å². The first-order valence-corrected chi connectivity index (χ1v) is 7.75. The van der Waals surface area contributed by atoms with Gasteiger partial charge in [0.15, 0.2) is 18.4 Å². The van der Waals surface area contributed by atoms with Gasteiger partial charge >= 0.3 is 5.97 Å². The summed E-state index contributed by atoms with van der Waals surface area (Å²) in [4.78, 5) is 24.6. The number of hydrogen-bond acceptors (Lipinski definition) is 6. The molecule has 7 nitrogen and oxygen atoms in total. The maximum absolute atomic E-state index is 12.5. The first kappa shape index (κ1) is 16.5. The molecule has 3 aromatic rings. The minimum absolute atomic E-state index is 0.260. The monoisotopic (exact) mass is 336 g/mol. The third-order valence-electron chi connectivity index (χ3n) is 3.67. The molecular formula is C18H16N4O3. The molecular weight excluding hydrogens is 320 g/mol. The fourth-order valence-electron chi connectivity index (χ4n) is 2.37. The largest absolute Gasteiger partial charge is 0.456 e. The van der Waals surface area contributed by atoms with Crippen molar-refractivity contribution in [3.05, 3.63) is 78.1 Å². The summed E-state index contributed by atoms with van der Waals surface area (Å²) in [6, 6.07) is 17.4. The number of esters is 1. The number of nitrogens with zero attached hydrogens (tertiary/aromatic N) is 4. The van der Waals surface area contributed by atoms with Gasteiger partial charge in [-0.05, 0) is 16.0 Å². The van der Waals surface area contributed by atoms with Gasteiger partial charge in [0.2, 0.25) is 0 Å². The number of ether oxygens (including phenoxy) is 1. The van der Waals surface area contributed by atoms with Gasteiger partial charge in [0, 0.05) is 12.0 Å². The fraction of sp³-hybridized carbons (Fsp3) is 0.167. The molecule has 0 spiro atoms. The highest BCUT2D eigenvalue weighted by molar-refractivity contribution is 5.98. The number of benzene rings is 2. The lowest BCUT2D eigenvalue weighted by molar-refractivity contribution is -0.146. The second-order valence-corrected chi connectivity index (χ2v) is 5.39. The Morgan fingerprint density at radius 2 is 1.68 bits per heavy atom.